The van der Waals surface area contributed by atoms with E-state index in [1.54, 1.807) is 23.1 Å². The molecule has 6 heteroatoms. The second-order valence-corrected chi connectivity index (χ2v) is 8.66. The van der Waals surface area contributed by atoms with E-state index in [9.17, 15) is 4.79 Å². The third-order valence-electron chi connectivity index (χ3n) is 3.57. The molecule has 0 aliphatic rings. The summed E-state index contributed by atoms with van der Waals surface area (Å²) < 4.78 is 1.06. The summed E-state index contributed by atoms with van der Waals surface area (Å²) in [4.78, 5) is 23.1. The minimum atomic E-state index is -0.0369. The van der Waals surface area contributed by atoms with E-state index in [1.165, 1.54) is 0 Å². The molecule has 0 bridgehead atoms. The van der Waals surface area contributed by atoms with Gasteiger partial charge in [0.2, 0.25) is 0 Å². The number of nitrogens with one attached hydrogen (secondary N) is 1. The molecule has 0 saturated heterocycles. The van der Waals surface area contributed by atoms with Crippen molar-refractivity contribution in [2.24, 2.45) is 0 Å². The Bertz CT molecular complexity index is 884. The van der Waals surface area contributed by atoms with Crippen LogP contribution in [0.5, 0.6) is 0 Å². The Morgan fingerprint density at radius 1 is 1.27 bits per heavy atom. The fourth-order valence-corrected chi connectivity index (χ4v) is 4.46. The van der Waals surface area contributed by atoms with Gasteiger partial charge in [0.25, 0.3) is 5.56 Å². The van der Waals surface area contributed by atoms with Crippen molar-refractivity contribution in [2.75, 3.05) is 0 Å². The lowest BCUT2D eigenvalue weighted by atomic mass is 10.2. The Morgan fingerprint density at radius 3 is 2.64 bits per heavy atom. The first-order chi connectivity index (χ1) is 10.5. The number of thioether (sulfide) groups is 1. The van der Waals surface area contributed by atoms with Gasteiger partial charge in [-0.15, -0.1) is 23.1 Å². The van der Waals surface area contributed by atoms with Gasteiger partial charge in [-0.1, -0.05) is 15.9 Å². The minimum Gasteiger partial charge on any atom is -0.309 e. The van der Waals surface area contributed by atoms with E-state index in [0.717, 1.165) is 35.8 Å². The van der Waals surface area contributed by atoms with E-state index < -0.39 is 0 Å². The van der Waals surface area contributed by atoms with Gasteiger partial charge >= 0.3 is 0 Å². The summed E-state index contributed by atoms with van der Waals surface area (Å²) in [5.41, 5.74) is 0.999. The van der Waals surface area contributed by atoms with Gasteiger partial charge in [0.15, 0.2) is 0 Å². The smallest absolute Gasteiger partial charge is 0.259 e. The van der Waals surface area contributed by atoms with E-state index >= 15 is 0 Å². The van der Waals surface area contributed by atoms with Crippen molar-refractivity contribution in [1.82, 2.24) is 9.97 Å². The number of aromatic amines is 1. The van der Waals surface area contributed by atoms with Crippen molar-refractivity contribution in [3.8, 4) is 0 Å². The number of nitrogens with zero attached hydrogens (tertiary/aromatic N) is 1. The standard InChI is InChI=1S/C16H15BrN2OS2/c1-8-9(2)22-16-13(8)15(20)18-14(19-16)10(3)21-12-6-4-11(17)5-7-12/h4-7,10H,1-3H3,(H,18,19,20)/t10-/m0/s1. The summed E-state index contributed by atoms with van der Waals surface area (Å²) in [6.07, 6.45) is 0. The molecule has 0 saturated carbocycles. The van der Waals surface area contributed by atoms with Crippen LogP contribution in [0.25, 0.3) is 10.2 Å². The number of aromatic nitrogens is 2. The molecular formula is C16H15BrN2OS2. The van der Waals surface area contributed by atoms with Crippen LogP contribution >= 0.6 is 39.0 Å². The molecule has 0 fully saturated rings. The lowest BCUT2D eigenvalue weighted by Crippen LogP contribution is -2.12. The SMILES string of the molecule is Cc1sc2nc([C@H](C)Sc3ccc(Br)cc3)[nH]c(=O)c2c1C. The molecule has 0 radical (unpaired) electrons. The zero-order chi connectivity index (χ0) is 15.9. The zero-order valence-corrected chi connectivity index (χ0v) is 15.7. The number of H-pyrrole nitrogens is 1. The van der Waals surface area contributed by atoms with Crippen LogP contribution < -0.4 is 5.56 Å². The average molecular weight is 395 g/mol. The molecule has 0 aliphatic carbocycles. The third-order valence-corrected chi connectivity index (χ3v) is 6.32. The molecule has 3 aromatic rings. The summed E-state index contributed by atoms with van der Waals surface area (Å²) in [7, 11) is 0. The monoisotopic (exact) mass is 394 g/mol. The van der Waals surface area contributed by atoms with Crippen LogP contribution in [0.15, 0.2) is 38.4 Å². The molecule has 0 amide bonds. The maximum Gasteiger partial charge on any atom is 0.259 e. The van der Waals surface area contributed by atoms with Crippen LogP contribution in [-0.4, -0.2) is 9.97 Å². The highest BCUT2D eigenvalue weighted by molar-refractivity contribution is 9.10. The van der Waals surface area contributed by atoms with Crippen LogP contribution in [0.2, 0.25) is 0 Å². The van der Waals surface area contributed by atoms with Crippen molar-refractivity contribution in [3.05, 3.63) is 55.4 Å². The van der Waals surface area contributed by atoms with E-state index in [4.69, 9.17) is 0 Å². The Labute approximate surface area is 145 Å². The largest absolute Gasteiger partial charge is 0.309 e. The molecule has 1 aromatic carbocycles. The van der Waals surface area contributed by atoms with Crippen molar-refractivity contribution in [2.45, 2.75) is 30.9 Å². The number of hydrogen-bond donors (Lipinski definition) is 1. The number of halogens is 1. The molecule has 3 rings (SSSR count). The van der Waals surface area contributed by atoms with Gasteiger partial charge < -0.3 is 4.98 Å². The highest BCUT2D eigenvalue weighted by Gasteiger charge is 2.16. The van der Waals surface area contributed by atoms with E-state index in [-0.39, 0.29) is 10.8 Å². The summed E-state index contributed by atoms with van der Waals surface area (Å²) in [6, 6.07) is 8.14. The molecule has 0 aliphatic heterocycles. The predicted octanol–water partition coefficient (Wildman–Crippen LogP) is 5.22. The highest BCUT2D eigenvalue weighted by Crippen LogP contribution is 2.34. The highest BCUT2D eigenvalue weighted by atomic mass is 79.9. The molecular weight excluding hydrogens is 380 g/mol. The summed E-state index contributed by atoms with van der Waals surface area (Å²) >= 11 is 6.71. The molecule has 0 spiro atoms. The summed E-state index contributed by atoms with van der Waals surface area (Å²) in [5, 5.41) is 0.813. The Balaban J connectivity index is 1.95. The molecule has 3 nitrogen and oxygen atoms in total. The number of fused-ring (bicyclic) bond motifs is 1. The van der Waals surface area contributed by atoms with Crippen molar-refractivity contribution >= 4 is 49.2 Å². The minimum absolute atomic E-state index is 0.0369. The summed E-state index contributed by atoms with van der Waals surface area (Å²) in [5.74, 6) is 0.728. The molecule has 1 N–H and O–H groups in total. The van der Waals surface area contributed by atoms with Crippen LogP contribution in [0.3, 0.4) is 0 Å². The lowest BCUT2D eigenvalue weighted by molar-refractivity contribution is 0.925. The van der Waals surface area contributed by atoms with Crippen LogP contribution in [0.1, 0.15) is 28.4 Å². The summed E-state index contributed by atoms with van der Waals surface area (Å²) in [6.45, 7) is 6.07. The fourth-order valence-electron chi connectivity index (χ4n) is 2.24. The first kappa shape index (κ1) is 15.8. The van der Waals surface area contributed by atoms with Crippen molar-refractivity contribution in [1.29, 1.82) is 0 Å². The molecule has 0 unspecified atom stereocenters. The van der Waals surface area contributed by atoms with E-state index in [1.807, 2.05) is 26.0 Å². The first-order valence-electron chi connectivity index (χ1n) is 6.88. The second-order valence-electron chi connectivity index (χ2n) is 5.13. The number of benzene rings is 1. The maximum absolute atomic E-state index is 12.3. The number of thiophene rings is 1. The molecule has 114 valence electrons. The van der Waals surface area contributed by atoms with Gasteiger partial charge in [-0.05, 0) is 50.6 Å². The van der Waals surface area contributed by atoms with Gasteiger partial charge in [0.1, 0.15) is 10.7 Å². The normalized spacial score (nSPS) is 12.7. The van der Waals surface area contributed by atoms with Crippen molar-refractivity contribution < 1.29 is 0 Å². The molecule has 2 aromatic heterocycles. The Hall–Kier alpha value is -1.11. The van der Waals surface area contributed by atoms with Crippen LogP contribution in [-0.2, 0) is 0 Å². The quantitative estimate of drug-likeness (QED) is 0.619. The maximum atomic E-state index is 12.3. The third kappa shape index (κ3) is 3.00. The fraction of sp³-hybridized carbons (Fsp3) is 0.250. The predicted molar refractivity (Wildman–Crippen MR) is 98.1 cm³/mol. The van der Waals surface area contributed by atoms with Gasteiger partial charge in [-0.25, -0.2) is 4.98 Å². The van der Waals surface area contributed by atoms with Gasteiger partial charge in [-0.2, -0.15) is 0 Å². The topological polar surface area (TPSA) is 45.8 Å². The van der Waals surface area contributed by atoms with Gasteiger partial charge in [-0.3, -0.25) is 4.79 Å². The number of aryl methyl sites for hydroxylation is 2. The first-order valence-corrected chi connectivity index (χ1v) is 9.36. The molecule has 22 heavy (non-hydrogen) atoms. The van der Waals surface area contributed by atoms with E-state index in [0.29, 0.717) is 0 Å². The Kier molecular flexibility index (Phi) is 4.43. The lowest BCUT2D eigenvalue weighted by Gasteiger charge is -2.10. The molecule has 1 atom stereocenters. The van der Waals surface area contributed by atoms with Crippen LogP contribution in [0, 0.1) is 13.8 Å². The number of rotatable bonds is 3. The number of hydrogen-bond acceptors (Lipinski definition) is 4. The van der Waals surface area contributed by atoms with Gasteiger partial charge in [0.05, 0.1) is 10.6 Å². The van der Waals surface area contributed by atoms with Crippen molar-refractivity contribution in [3.63, 3.8) is 0 Å². The van der Waals surface area contributed by atoms with Crippen LogP contribution in [0.4, 0.5) is 0 Å². The zero-order valence-electron chi connectivity index (χ0n) is 12.4. The van der Waals surface area contributed by atoms with E-state index in [2.05, 4.69) is 45.0 Å². The second kappa shape index (κ2) is 6.18. The average Bonchev–Trinajstić information content (AvgIpc) is 2.77. The van der Waals surface area contributed by atoms with Gasteiger partial charge in [0, 0.05) is 14.2 Å². The Morgan fingerprint density at radius 2 is 1.95 bits per heavy atom. The molecule has 2 heterocycles.